The first-order valence-electron chi connectivity index (χ1n) is 7.27. The Bertz CT molecular complexity index is 745. The number of hydrogen-bond donors (Lipinski definition) is 1. The van der Waals surface area contributed by atoms with Crippen LogP contribution in [0.15, 0.2) is 24.3 Å². The van der Waals surface area contributed by atoms with Gasteiger partial charge in [0.15, 0.2) is 0 Å². The van der Waals surface area contributed by atoms with Crippen LogP contribution in [0.4, 0.5) is 5.69 Å². The number of carboxylic acid groups (broad SMARTS) is 1. The topological polar surface area (TPSA) is 118 Å². The van der Waals surface area contributed by atoms with E-state index in [1.165, 1.54) is 28.6 Å². The van der Waals surface area contributed by atoms with Crippen LogP contribution in [0.2, 0.25) is 0 Å². The summed E-state index contributed by atoms with van der Waals surface area (Å²) in [7, 11) is -3.65. The SMILES string of the molecule is O=C(O)C1CC2CCC1N2S(=O)(=O)Cc1ccc([N+](=O)[O-])cc1. The molecule has 1 N–H and O–H groups in total. The van der Waals surface area contributed by atoms with Gasteiger partial charge in [-0.2, -0.15) is 4.31 Å². The van der Waals surface area contributed by atoms with Gasteiger partial charge in [0.2, 0.25) is 10.0 Å². The number of hydrogen-bond acceptors (Lipinski definition) is 5. The molecule has 0 amide bonds. The van der Waals surface area contributed by atoms with Crippen molar-refractivity contribution in [3.8, 4) is 0 Å². The predicted octanol–water partition coefficient (Wildman–Crippen LogP) is 1.36. The van der Waals surface area contributed by atoms with E-state index in [1.54, 1.807) is 0 Å². The van der Waals surface area contributed by atoms with Crippen molar-refractivity contribution in [2.45, 2.75) is 37.1 Å². The molecule has 0 saturated carbocycles. The molecule has 23 heavy (non-hydrogen) atoms. The third-order valence-corrected chi connectivity index (χ3v) is 6.52. The standard InChI is InChI=1S/C14H16N2O6S/c17-14(18)12-7-11-5-6-13(12)15(11)23(21,22)8-9-1-3-10(4-2-9)16(19)20/h1-4,11-13H,5-8H2,(H,17,18). The minimum absolute atomic E-state index is 0.0988. The van der Waals surface area contributed by atoms with Gasteiger partial charge in [-0.15, -0.1) is 0 Å². The number of nitrogens with zero attached hydrogens (tertiary/aromatic N) is 2. The Kier molecular flexibility index (Phi) is 3.85. The Balaban J connectivity index is 1.80. The van der Waals surface area contributed by atoms with Crippen molar-refractivity contribution < 1.29 is 23.2 Å². The van der Waals surface area contributed by atoms with Crippen LogP contribution in [0.5, 0.6) is 0 Å². The summed E-state index contributed by atoms with van der Waals surface area (Å²) in [6, 6.07) is 4.65. The second kappa shape index (κ2) is 5.57. The maximum Gasteiger partial charge on any atom is 0.308 e. The molecule has 0 aromatic heterocycles. The number of carbonyl (C=O) groups is 1. The highest BCUT2D eigenvalue weighted by atomic mass is 32.2. The summed E-state index contributed by atoms with van der Waals surface area (Å²) in [6.45, 7) is 0. The molecule has 2 aliphatic heterocycles. The number of aliphatic carboxylic acids is 1. The molecule has 2 aliphatic rings. The molecule has 2 saturated heterocycles. The first kappa shape index (κ1) is 15.9. The summed E-state index contributed by atoms with van der Waals surface area (Å²) in [5, 5.41) is 19.8. The summed E-state index contributed by atoms with van der Waals surface area (Å²) >= 11 is 0. The summed E-state index contributed by atoms with van der Waals surface area (Å²) < 4.78 is 26.7. The van der Waals surface area contributed by atoms with E-state index in [1.807, 2.05) is 0 Å². The van der Waals surface area contributed by atoms with Crippen LogP contribution in [-0.2, 0) is 20.6 Å². The summed E-state index contributed by atoms with van der Waals surface area (Å²) in [4.78, 5) is 21.3. The molecule has 0 spiro atoms. The van der Waals surface area contributed by atoms with E-state index in [-0.39, 0.29) is 17.5 Å². The molecule has 124 valence electrons. The molecular weight excluding hydrogens is 324 g/mol. The average molecular weight is 340 g/mol. The lowest BCUT2D eigenvalue weighted by atomic mass is 9.89. The lowest BCUT2D eigenvalue weighted by molar-refractivity contribution is -0.384. The smallest absolute Gasteiger partial charge is 0.308 e. The van der Waals surface area contributed by atoms with Gasteiger partial charge in [-0.3, -0.25) is 14.9 Å². The molecule has 3 unspecified atom stereocenters. The molecule has 8 nitrogen and oxygen atoms in total. The van der Waals surface area contributed by atoms with Crippen molar-refractivity contribution in [1.29, 1.82) is 0 Å². The fourth-order valence-corrected chi connectivity index (χ4v) is 5.71. The van der Waals surface area contributed by atoms with Crippen molar-refractivity contribution in [2.75, 3.05) is 0 Å². The number of rotatable bonds is 5. The van der Waals surface area contributed by atoms with E-state index < -0.39 is 32.9 Å². The van der Waals surface area contributed by atoms with Crippen molar-refractivity contribution in [3.63, 3.8) is 0 Å². The zero-order chi connectivity index (χ0) is 16.8. The lowest BCUT2D eigenvalue weighted by Gasteiger charge is -2.22. The second-order valence-corrected chi connectivity index (χ2v) is 7.86. The number of non-ortho nitro benzene ring substituents is 1. The van der Waals surface area contributed by atoms with Crippen LogP contribution < -0.4 is 0 Å². The zero-order valence-corrected chi connectivity index (χ0v) is 13.0. The molecule has 2 bridgehead atoms. The quantitative estimate of drug-likeness (QED) is 0.639. The highest BCUT2D eigenvalue weighted by Gasteiger charge is 2.53. The fraction of sp³-hybridized carbons (Fsp3) is 0.500. The third-order valence-electron chi connectivity index (χ3n) is 4.61. The normalized spacial score (nSPS) is 27.2. The van der Waals surface area contributed by atoms with Gasteiger partial charge in [0, 0.05) is 24.2 Å². The van der Waals surface area contributed by atoms with E-state index in [2.05, 4.69) is 0 Å². The number of fused-ring (bicyclic) bond motifs is 2. The lowest BCUT2D eigenvalue weighted by Crippen LogP contribution is -2.38. The first-order chi connectivity index (χ1) is 10.8. The maximum atomic E-state index is 12.6. The Morgan fingerprint density at radius 2 is 1.96 bits per heavy atom. The highest BCUT2D eigenvalue weighted by Crippen LogP contribution is 2.44. The molecule has 0 radical (unpaired) electrons. The van der Waals surface area contributed by atoms with E-state index in [9.17, 15) is 28.4 Å². The van der Waals surface area contributed by atoms with Gasteiger partial charge in [-0.1, -0.05) is 12.1 Å². The van der Waals surface area contributed by atoms with E-state index in [0.29, 0.717) is 24.8 Å². The molecule has 9 heteroatoms. The molecule has 1 aromatic carbocycles. The van der Waals surface area contributed by atoms with Crippen LogP contribution in [-0.4, -0.2) is 40.8 Å². The summed E-state index contributed by atoms with van der Waals surface area (Å²) in [5.41, 5.74) is 0.354. The molecule has 3 atom stereocenters. The predicted molar refractivity (Wildman–Crippen MR) is 80.1 cm³/mol. The fourth-order valence-electron chi connectivity index (χ4n) is 3.64. The first-order valence-corrected chi connectivity index (χ1v) is 8.88. The van der Waals surface area contributed by atoms with Crippen LogP contribution in [0.1, 0.15) is 24.8 Å². The number of sulfonamides is 1. The van der Waals surface area contributed by atoms with Crippen LogP contribution in [0.25, 0.3) is 0 Å². The Morgan fingerprint density at radius 3 is 2.48 bits per heavy atom. The minimum Gasteiger partial charge on any atom is -0.481 e. The van der Waals surface area contributed by atoms with Gasteiger partial charge in [-0.05, 0) is 24.8 Å². The highest BCUT2D eigenvalue weighted by molar-refractivity contribution is 7.88. The van der Waals surface area contributed by atoms with Gasteiger partial charge in [-0.25, -0.2) is 8.42 Å². The summed E-state index contributed by atoms with van der Waals surface area (Å²) in [5.74, 6) is -1.86. The zero-order valence-electron chi connectivity index (χ0n) is 12.2. The Labute approximate surface area is 132 Å². The molecule has 2 heterocycles. The van der Waals surface area contributed by atoms with Gasteiger partial charge >= 0.3 is 5.97 Å². The van der Waals surface area contributed by atoms with Crippen molar-refractivity contribution in [3.05, 3.63) is 39.9 Å². The van der Waals surface area contributed by atoms with Crippen molar-refractivity contribution in [1.82, 2.24) is 4.31 Å². The summed E-state index contributed by atoms with van der Waals surface area (Å²) in [6.07, 6.45) is 1.62. The van der Waals surface area contributed by atoms with Gasteiger partial charge < -0.3 is 5.11 Å². The number of carboxylic acids is 1. The van der Waals surface area contributed by atoms with Gasteiger partial charge in [0.25, 0.3) is 5.69 Å². The largest absolute Gasteiger partial charge is 0.481 e. The Morgan fingerprint density at radius 1 is 1.30 bits per heavy atom. The second-order valence-electron chi connectivity index (χ2n) is 5.99. The van der Waals surface area contributed by atoms with Crippen LogP contribution >= 0.6 is 0 Å². The van der Waals surface area contributed by atoms with Crippen molar-refractivity contribution in [2.24, 2.45) is 5.92 Å². The average Bonchev–Trinajstić information content (AvgIpc) is 3.06. The van der Waals surface area contributed by atoms with E-state index in [4.69, 9.17) is 0 Å². The number of nitro benzene ring substituents is 1. The number of nitro groups is 1. The van der Waals surface area contributed by atoms with Crippen LogP contribution in [0, 0.1) is 16.0 Å². The van der Waals surface area contributed by atoms with Crippen LogP contribution in [0.3, 0.4) is 0 Å². The molecule has 1 aromatic rings. The van der Waals surface area contributed by atoms with E-state index in [0.717, 1.165) is 0 Å². The third kappa shape index (κ3) is 2.81. The van der Waals surface area contributed by atoms with Gasteiger partial charge in [0.1, 0.15) is 0 Å². The molecule has 0 aliphatic carbocycles. The van der Waals surface area contributed by atoms with Crippen molar-refractivity contribution >= 4 is 21.7 Å². The maximum absolute atomic E-state index is 12.6. The number of benzene rings is 1. The molecule has 2 fully saturated rings. The molecular formula is C14H16N2O6S. The molecule has 3 rings (SSSR count). The monoisotopic (exact) mass is 340 g/mol. The van der Waals surface area contributed by atoms with E-state index >= 15 is 0 Å². The van der Waals surface area contributed by atoms with Gasteiger partial charge in [0.05, 0.1) is 16.6 Å². The minimum atomic E-state index is -3.65. The Hall–Kier alpha value is -2.00.